The van der Waals surface area contributed by atoms with Crippen LogP contribution in [0.5, 0.6) is 11.5 Å². The van der Waals surface area contributed by atoms with E-state index in [1.165, 1.54) is 0 Å². The van der Waals surface area contributed by atoms with Gasteiger partial charge in [-0.25, -0.2) is 4.68 Å². The third-order valence-electron chi connectivity index (χ3n) is 5.07. The molecule has 1 saturated heterocycles. The molecule has 1 amide bonds. The zero-order chi connectivity index (χ0) is 18.8. The van der Waals surface area contributed by atoms with Crippen molar-refractivity contribution in [3.05, 3.63) is 48.0 Å². The summed E-state index contributed by atoms with van der Waals surface area (Å²) >= 11 is 0. The fourth-order valence-corrected chi connectivity index (χ4v) is 3.72. The first-order valence-corrected chi connectivity index (χ1v) is 9.01. The van der Waals surface area contributed by atoms with Gasteiger partial charge in [-0.1, -0.05) is 23.4 Å². The van der Waals surface area contributed by atoms with E-state index in [4.69, 9.17) is 9.47 Å². The number of rotatable bonds is 5. The minimum absolute atomic E-state index is 0.0343. The molecular weight excluding hydrogens is 344 g/mol. The molecule has 0 spiro atoms. The molecule has 1 fully saturated rings. The number of amides is 1. The number of ether oxygens (including phenoxy) is 2. The number of methoxy groups -OCH3 is 2. The molecule has 0 radical (unpaired) electrons. The lowest BCUT2D eigenvalue weighted by Crippen LogP contribution is -2.33. The van der Waals surface area contributed by atoms with Gasteiger partial charge in [0, 0.05) is 6.54 Å². The molecule has 1 aliphatic rings. The Morgan fingerprint density at radius 1 is 1.15 bits per heavy atom. The Labute approximate surface area is 157 Å². The largest absolute Gasteiger partial charge is 0.493 e. The van der Waals surface area contributed by atoms with Crippen molar-refractivity contribution in [1.29, 1.82) is 0 Å². The summed E-state index contributed by atoms with van der Waals surface area (Å²) < 4.78 is 12.4. The van der Waals surface area contributed by atoms with Gasteiger partial charge in [-0.3, -0.25) is 4.79 Å². The number of hydrogen-bond acceptors (Lipinski definition) is 5. The Bertz CT molecular complexity index is 969. The number of hydrogen-bond donors (Lipinski definition) is 0. The van der Waals surface area contributed by atoms with E-state index in [2.05, 4.69) is 10.3 Å². The highest BCUT2D eigenvalue weighted by atomic mass is 16.5. The van der Waals surface area contributed by atoms with Gasteiger partial charge in [-0.05, 0) is 42.7 Å². The van der Waals surface area contributed by atoms with E-state index >= 15 is 0 Å². The molecule has 2 aromatic carbocycles. The molecule has 4 rings (SSSR count). The summed E-state index contributed by atoms with van der Waals surface area (Å²) in [5.74, 6) is 1.41. The second kappa shape index (κ2) is 7.26. The summed E-state index contributed by atoms with van der Waals surface area (Å²) in [6.07, 6.45) is 1.90. The van der Waals surface area contributed by atoms with Crippen LogP contribution in [0.25, 0.3) is 11.0 Å². The molecule has 7 heteroatoms. The summed E-state index contributed by atoms with van der Waals surface area (Å²) in [6, 6.07) is 13.5. The van der Waals surface area contributed by atoms with E-state index in [9.17, 15) is 4.79 Å². The number of fused-ring (bicyclic) bond motifs is 1. The number of carbonyl (C=O) groups excluding carboxylic acids is 1. The molecule has 2 heterocycles. The number of carbonyl (C=O) groups is 1. The van der Waals surface area contributed by atoms with Crippen molar-refractivity contribution in [2.75, 3.05) is 20.8 Å². The monoisotopic (exact) mass is 366 g/mol. The standard InChI is InChI=1S/C20H22N4O3/c1-26-18-10-9-14(12-19(18)27-2)16-8-5-11-23(16)20(25)13-24-17-7-4-3-6-15(17)21-22-24/h3-4,6-7,9-10,12,16H,5,8,11,13H2,1-2H3. The Morgan fingerprint density at radius 2 is 1.96 bits per heavy atom. The fraction of sp³-hybridized carbons (Fsp3) is 0.350. The van der Waals surface area contributed by atoms with Gasteiger partial charge < -0.3 is 14.4 Å². The zero-order valence-electron chi connectivity index (χ0n) is 15.5. The Kier molecular flexibility index (Phi) is 4.66. The second-order valence-corrected chi connectivity index (χ2v) is 6.60. The molecule has 0 saturated carbocycles. The first kappa shape index (κ1) is 17.3. The number of benzene rings is 2. The van der Waals surface area contributed by atoms with Crippen molar-refractivity contribution in [2.24, 2.45) is 0 Å². The number of likely N-dealkylation sites (tertiary alicyclic amines) is 1. The lowest BCUT2D eigenvalue weighted by molar-refractivity contribution is -0.132. The van der Waals surface area contributed by atoms with Gasteiger partial charge in [0.1, 0.15) is 12.1 Å². The topological polar surface area (TPSA) is 69.5 Å². The predicted molar refractivity (Wildman–Crippen MR) is 101 cm³/mol. The van der Waals surface area contributed by atoms with Crippen LogP contribution in [-0.4, -0.2) is 46.6 Å². The first-order chi connectivity index (χ1) is 13.2. The van der Waals surface area contributed by atoms with Crippen LogP contribution in [0.1, 0.15) is 24.4 Å². The fourth-order valence-electron chi connectivity index (χ4n) is 3.72. The highest BCUT2D eigenvalue weighted by molar-refractivity contribution is 5.80. The van der Waals surface area contributed by atoms with Crippen LogP contribution >= 0.6 is 0 Å². The van der Waals surface area contributed by atoms with E-state index in [0.717, 1.165) is 36.0 Å². The van der Waals surface area contributed by atoms with Crippen molar-refractivity contribution >= 4 is 16.9 Å². The van der Waals surface area contributed by atoms with Gasteiger partial charge in [-0.2, -0.15) is 0 Å². The lowest BCUT2D eigenvalue weighted by atomic mass is 10.0. The molecule has 1 atom stereocenters. The molecule has 0 N–H and O–H groups in total. The third-order valence-corrected chi connectivity index (χ3v) is 5.07. The van der Waals surface area contributed by atoms with Gasteiger partial charge >= 0.3 is 0 Å². The van der Waals surface area contributed by atoms with Crippen LogP contribution in [0.4, 0.5) is 0 Å². The van der Waals surface area contributed by atoms with E-state index in [-0.39, 0.29) is 18.5 Å². The summed E-state index contributed by atoms with van der Waals surface area (Å²) in [5.41, 5.74) is 2.72. The van der Waals surface area contributed by atoms with E-state index in [0.29, 0.717) is 11.5 Å². The SMILES string of the molecule is COc1ccc(C2CCCN2C(=O)Cn2nnc3ccccc32)cc1OC. The van der Waals surface area contributed by atoms with E-state index in [1.54, 1.807) is 18.9 Å². The molecule has 1 unspecified atom stereocenters. The zero-order valence-corrected chi connectivity index (χ0v) is 15.5. The van der Waals surface area contributed by atoms with Gasteiger partial charge in [0.05, 0.1) is 25.8 Å². The Morgan fingerprint density at radius 3 is 2.78 bits per heavy atom. The second-order valence-electron chi connectivity index (χ2n) is 6.60. The van der Waals surface area contributed by atoms with E-state index < -0.39 is 0 Å². The minimum atomic E-state index is 0.0343. The minimum Gasteiger partial charge on any atom is -0.493 e. The molecular formula is C20H22N4O3. The highest BCUT2D eigenvalue weighted by Gasteiger charge is 2.31. The van der Waals surface area contributed by atoms with Crippen molar-refractivity contribution in [1.82, 2.24) is 19.9 Å². The maximum absolute atomic E-state index is 13.0. The smallest absolute Gasteiger partial charge is 0.244 e. The molecule has 1 aromatic heterocycles. The van der Waals surface area contributed by atoms with Crippen molar-refractivity contribution in [3.63, 3.8) is 0 Å². The number of nitrogens with zero attached hydrogens (tertiary/aromatic N) is 4. The summed E-state index contributed by atoms with van der Waals surface area (Å²) in [7, 11) is 3.24. The molecule has 0 aliphatic carbocycles. The van der Waals surface area contributed by atoms with Crippen molar-refractivity contribution in [3.8, 4) is 11.5 Å². The molecule has 27 heavy (non-hydrogen) atoms. The lowest BCUT2D eigenvalue weighted by Gasteiger charge is -2.25. The van der Waals surface area contributed by atoms with Gasteiger partial charge in [0.15, 0.2) is 11.5 Å². The van der Waals surface area contributed by atoms with Crippen molar-refractivity contribution in [2.45, 2.75) is 25.4 Å². The van der Waals surface area contributed by atoms with Gasteiger partial charge in [-0.15, -0.1) is 5.10 Å². The summed E-state index contributed by atoms with van der Waals surface area (Å²) in [6.45, 7) is 0.925. The molecule has 7 nitrogen and oxygen atoms in total. The average molecular weight is 366 g/mol. The van der Waals surface area contributed by atoms with Crippen LogP contribution in [0.3, 0.4) is 0 Å². The molecule has 140 valence electrons. The van der Waals surface area contributed by atoms with Crippen LogP contribution in [-0.2, 0) is 11.3 Å². The average Bonchev–Trinajstić information content (AvgIpc) is 3.35. The normalized spacial score (nSPS) is 16.7. The van der Waals surface area contributed by atoms with Crippen LogP contribution in [0.15, 0.2) is 42.5 Å². The van der Waals surface area contributed by atoms with Gasteiger partial charge in [0.25, 0.3) is 0 Å². The number of para-hydroxylation sites is 1. The van der Waals surface area contributed by atoms with Gasteiger partial charge in [0.2, 0.25) is 5.91 Å². The first-order valence-electron chi connectivity index (χ1n) is 9.01. The van der Waals surface area contributed by atoms with Crippen LogP contribution in [0, 0.1) is 0 Å². The molecule has 1 aliphatic heterocycles. The quantitative estimate of drug-likeness (QED) is 0.694. The Hall–Kier alpha value is -3.09. The summed E-state index contributed by atoms with van der Waals surface area (Å²) in [5, 5.41) is 8.27. The highest BCUT2D eigenvalue weighted by Crippen LogP contribution is 2.37. The molecule has 3 aromatic rings. The van der Waals surface area contributed by atoms with E-state index in [1.807, 2.05) is 47.4 Å². The Balaban J connectivity index is 1.57. The van der Waals surface area contributed by atoms with Crippen LogP contribution in [0.2, 0.25) is 0 Å². The third kappa shape index (κ3) is 3.20. The van der Waals surface area contributed by atoms with Crippen LogP contribution < -0.4 is 9.47 Å². The number of aromatic nitrogens is 3. The maximum atomic E-state index is 13.0. The maximum Gasteiger partial charge on any atom is 0.244 e. The van der Waals surface area contributed by atoms with Crippen molar-refractivity contribution < 1.29 is 14.3 Å². The summed E-state index contributed by atoms with van der Waals surface area (Å²) in [4.78, 5) is 14.9. The molecule has 0 bridgehead atoms. The predicted octanol–water partition coefficient (Wildman–Crippen LogP) is 2.81.